The number of benzene rings is 2. The minimum Gasteiger partial charge on any atom is -0.493 e. The molecule has 1 aromatic heterocycles. The van der Waals surface area contributed by atoms with Crippen molar-refractivity contribution in [3.05, 3.63) is 83.2 Å². The predicted molar refractivity (Wildman–Crippen MR) is 125 cm³/mol. The van der Waals surface area contributed by atoms with Gasteiger partial charge < -0.3 is 15.0 Å². The van der Waals surface area contributed by atoms with Gasteiger partial charge in [0.15, 0.2) is 5.82 Å². The number of rotatable bonds is 9. The summed E-state index contributed by atoms with van der Waals surface area (Å²) >= 11 is 0. The lowest BCUT2D eigenvalue weighted by Gasteiger charge is -2.24. The van der Waals surface area contributed by atoms with Crippen LogP contribution in [0.25, 0.3) is 0 Å². The summed E-state index contributed by atoms with van der Waals surface area (Å²) in [5.74, 6) is 1.12. The third-order valence-electron chi connectivity index (χ3n) is 5.66. The number of hydrogen-bond acceptors (Lipinski definition) is 5. The second-order valence-corrected chi connectivity index (χ2v) is 8.92. The zero-order valence-electron chi connectivity index (χ0n) is 19.1. The van der Waals surface area contributed by atoms with E-state index in [4.69, 9.17) is 4.74 Å². The van der Waals surface area contributed by atoms with E-state index in [1.807, 2.05) is 29.2 Å². The van der Waals surface area contributed by atoms with E-state index in [9.17, 15) is 8.78 Å². The van der Waals surface area contributed by atoms with E-state index >= 15 is 0 Å². The van der Waals surface area contributed by atoms with Gasteiger partial charge in [-0.25, -0.2) is 18.7 Å². The lowest BCUT2D eigenvalue weighted by atomic mass is 10.0. The smallest absolute Gasteiger partial charge is 0.226 e. The van der Waals surface area contributed by atoms with E-state index in [-0.39, 0.29) is 17.6 Å². The topological polar surface area (TPSA) is 50.3 Å². The van der Waals surface area contributed by atoms with Gasteiger partial charge in [-0.1, -0.05) is 38.1 Å². The van der Waals surface area contributed by atoms with Crippen molar-refractivity contribution in [3.63, 3.8) is 0 Å². The van der Waals surface area contributed by atoms with Crippen LogP contribution in [-0.2, 0) is 13.1 Å². The second kappa shape index (κ2) is 10.7. The molecule has 4 rings (SSSR count). The summed E-state index contributed by atoms with van der Waals surface area (Å²) in [6.07, 6.45) is 2.11. The minimum absolute atomic E-state index is 0.0387. The van der Waals surface area contributed by atoms with E-state index in [2.05, 4.69) is 29.1 Å². The molecule has 0 bridgehead atoms. The van der Waals surface area contributed by atoms with Crippen LogP contribution in [0.2, 0.25) is 0 Å². The van der Waals surface area contributed by atoms with Gasteiger partial charge in [0.1, 0.15) is 11.6 Å². The van der Waals surface area contributed by atoms with Gasteiger partial charge in [0.2, 0.25) is 5.95 Å². The minimum atomic E-state index is -0.374. The molecule has 1 aliphatic rings. The molecule has 2 heterocycles. The van der Waals surface area contributed by atoms with Crippen LogP contribution in [0, 0.1) is 17.6 Å². The Morgan fingerprint density at radius 3 is 2.30 bits per heavy atom. The first kappa shape index (κ1) is 23.1. The van der Waals surface area contributed by atoms with Crippen LogP contribution in [-0.4, -0.2) is 29.7 Å². The molecule has 5 nitrogen and oxygen atoms in total. The molecule has 0 amide bonds. The van der Waals surface area contributed by atoms with E-state index in [1.165, 1.54) is 18.3 Å². The first-order valence-electron chi connectivity index (χ1n) is 11.4. The Balaban J connectivity index is 1.58. The SMILES string of the molecule is CC(C)COc1ccc(CN(Cc2ccc(F)cc2)c2ncc(F)c(C3CCNC3)n2)cc1. The van der Waals surface area contributed by atoms with Crippen LogP contribution < -0.4 is 15.0 Å². The monoisotopic (exact) mass is 452 g/mol. The zero-order valence-corrected chi connectivity index (χ0v) is 19.1. The summed E-state index contributed by atoms with van der Waals surface area (Å²) in [6, 6.07) is 14.3. The summed E-state index contributed by atoms with van der Waals surface area (Å²) in [5, 5.41) is 3.27. The molecule has 2 aromatic carbocycles. The normalized spacial score (nSPS) is 15.7. The Morgan fingerprint density at radius 2 is 1.70 bits per heavy atom. The summed E-state index contributed by atoms with van der Waals surface area (Å²) in [5.41, 5.74) is 2.42. The number of hydrogen-bond donors (Lipinski definition) is 1. The van der Waals surface area contributed by atoms with Gasteiger partial charge >= 0.3 is 0 Å². The highest BCUT2D eigenvalue weighted by Crippen LogP contribution is 2.26. The first-order chi connectivity index (χ1) is 16.0. The van der Waals surface area contributed by atoms with Crippen molar-refractivity contribution in [3.8, 4) is 5.75 Å². The largest absolute Gasteiger partial charge is 0.493 e. The lowest BCUT2D eigenvalue weighted by molar-refractivity contribution is 0.271. The van der Waals surface area contributed by atoms with Crippen molar-refractivity contribution in [2.24, 2.45) is 5.92 Å². The Kier molecular flexibility index (Phi) is 7.50. The molecule has 1 fully saturated rings. The highest BCUT2D eigenvalue weighted by Gasteiger charge is 2.24. The van der Waals surface area contributed by atoms with Crippen molar-refractivity contribution in [2.75, 3.05) is 24.6 Å². The average molecular weight is 453 g/mol. The summed E-state index contributed by atoms with van der Waals surface area (Å²) in [6.45, 7) is 7.45. The fourth-order valence-corrected chi connectivity index (χ4v) is 3.88. The number of nitrogens with zero attached hydrogens (tertiary/aromatic N) is 3. The molecular weight excluding hydrogens is 422 g/mol. The van der Waals surface area contributed by atoms with Gasteiger partial charge in [0.25, 0.3) is 0 Å². The maximum absolute atomic E-state index is 14.5. The number of nitrogens with one attached hydrogen (secondary N) is 1. The number of halogens is 2. The van der Waals surface area contributed by atoms with Crippen LogP contribution in [0.15, 0.2) is 54.7 Å². The van der Waals surface area contributed by atoms with Crippen molar-refractivity contribution >= 4 is 5.95 Å². The number of anilines is 1. The average Bonchev–Trinajstić information content (AvgIpc) is 3.35. The van der Waals surface area contributed by atoms with Gasteiger partial charge in [-0.05, 0) is 54.3 Å². The molecule has 1 atom stereocenters. The molecule has 0 aliphatic carbocycles. The Labute approximate surface area is 193 Å². The van der Waals surface area contributed by atoms with Gasteiger partial charge in [0.05, 0.1) is 18.5 Å². The summed E-state index contributed by atoms with van der Waals surface area (Å²) in [7, 11) is 0. The highest BCUT2D eigenvalue weighted by atomic mass is 19.1. The number of aromatic nitrogens is 2. The van der Waals surface area contributed by atoms with Crippen molar-refractivity contribution in [1.29, 1.82) is 0 Å². The van der Waals surface area contributed by atoms with Gasteiger partial charge in [-0.15, -0.1) is 0 Å². The molecule has 1 saturated heterocycles. The summed E-state index contributed by atoms with van der Waals surface area (Å²) in [4.78, 5) is 10.9. The Bertz CT molecular complexity index is 1040. The molecule has 0 spiro atoms. The van der Waals surface area contributed by atoms with Crippen LogP contribution in [0.1, 0.15) is 43.0 Å². The quantitative estimate of drug-likeness (QED) is 0.491. The first-order valence-corrected chi connectivity index (χ1v) is 11.4. The van der Waals surface area contributed by atoms with Crippen LogP contribution in [0.4, 0.5) is 14.7 Å². The molecule has 33 heavy (non-hydrogen) atoms. The van der Waals surface area contributed by atoms with E-state index in [0.717, 1.165) is 29.8 Å². The Morgan fingerprint density at radius 1 is 1.03 bits per heavy atom. The zero-order chi connectivity index (χ0) is 23.2. The molecule has 174 valence electrons. The van der Waals surface area contributed by atoms with Crippen molar-refractivity contribution in [1.82, 2.24) is 15.3 Å². The second-order valence-electron chi connectivity index (χ2n) is 8.92. The van der Waals surface area contributed by atoms with Crippen LogP contribution in [0.3, 0.4) is 0 Å². The molecule has 7 heteroatoms. The number of ether oxygens (including phenoxy) is 1. The third-order valence-corrected chi connectivity index (χ3v) is 5.66. The lowest BCUT2D eigenvalue weighted by Crippen LogP contribution is -2.25. The van der Waals surface area contributed by atoms with Crippen LogP contribution in [0.5, 0.6) is 5.75 Å². The third kappa shape index (κ3) is 6.26. The molecule has 1 N–H and O–H groups in total. The van der Waals surface area contributed by atoms with Gasteiger partial charge in [-0.2, -0.15) is 0 Å². The van der Waals surface area contributed by atoms with E-state index < -0.39 is 0 Å². The van der Waals surface area contributed by atoms with Crippen molar-refractivity contribution < 1.29 is 13.5 Å². The van der Waals surface area contributed by atoms with Crippen LogP contribution >= 0.6 is 0 Å². The standard InChI is InChI=1S/C26H30F2N4O/c1-18(2)17-33-23-9-5-20(6-10-23)16-32(15-19-3-7-22(27)8-4-19)26-30-14-24(28)25(31-26)21-11-12-29-13-21/h3-10,14,18,21,29H,11-13,15-17H2,1-2H3. The maximum Gasteiger partial charge on any atom is 0.226 e. The fourth-order valence-electron chi connectivity index (χ4n) is 3.88. The molecule has 1 aliphatic heterocycles. The molecule has 0 radical (unpaired) electrons. The molecule has 0 saturated carbocycles. The molecule has 3 aromatic rings. The molecular formula is C26H30F2N4O. The predicted octanol–water partition coefficient (Wildman–Crippen LogP) is 5.07. The maximum atomic E-state index is 14.5. The summed E-state index contributed by atoms with van der Waals surface area (Å²) < 4.78 is 33.7. The van der Waals surface area contributed by atoms with Gasteiger partial charge in [0, 0.05) is 25.6 Å². The Hall–Kier alpha value is -3.06. The van der Waals surface area contributed by atoms with Gasteiger partial charge in [-0.3, -0.25) is 0 Å². The van der Waals surface area contributed by atoms with E-state index in [0.29, 0.717) is 43.8 Å². The fraction of sp³-hybridized carbons (Fsp3) is 0.385. The van der Waals surface area contributed by atoms with Crippen molar-refractivity contribution in [2.45, 2.75) is 39.3 Å². The highest BCUT2D eigenvalue weighted by molar-refractivity contribution is 5.37. The van der Waals surface area contributed by atoms with E-state index in [1.54, 1.807) is 12.1 Å². The molecule has 1 unspecified atom stereocenters.